The van der Waals surface area contributed by atoms with E-state index in [9.17, 15) is 9.90 Å². The first-order valence-corrected chi connectivity index (χ1v) is 7.48. The van der Waals surface area contributed by atoms with Crippen LogP contribution in [0.3, 0.4) is 0 Å². The topological polar surface area (TPSA) is 54.3 Å². The van der Waals surface area contributed by atoms with Crippen LogP contribution in [0.25, 0.3) is 5.69 Å². The number of benzene rings is 2. The molecule has 0 saturated carbocycles. The average Bonchev–Trinajstić information content (AvgIpc) is 3.15. The van der Waals surface area contributed by atoms with Crippen molar-refractivity contribution in [2.75, 3.05) is 6.54 Å². The first-order chi connectivity index (χ1) is 11.2. The molecule has 0 aliphatic rings. The highest BCUT2D eigenvalue weighted by atomic mass is 16.3. The average molecular weight is 306 g/mol. The van der Waals surface area contributed by atoms with Gasteiger partial charge in [0.05, 0.1) is 6.10 Å². The molecule has 3 rings (SSSR count). The Morgan fingerprint density at radius 3 is 2.26 bits per heavy atom. The molecule has 0 aliphatic heterocycles. The quantitative estimate of drug-likeness (QED) is 0.761. The molecule has 1 aromatic heterocycles. The second-order valence-electron chi connectivity index (χ2n) is 5.27. The summed E-state index contributed by atoms with van der Waals surface area (Å²) < 4.78 is 1.97. The van der Waals surface area contributed by atoms with Crippen molar-refractivity contribution in [1.29, 1.82) is 0 Å². The molecule has 0 aliphatic carbocycles. The van der Waals surface area contributed by atoms with Gasteiger partial charge in [0.1, 0.15) is 0 Å². The lowest BCUT2D eigenvalue weighted by Gasteiger charge is -2.12. The molecule has 1 atom stereocenters. The monoisotopic (exact) mass is 306 g/mol. The van der Waals surface area contributed by atoms with Gasteiger partial charge in [0.2, 0.25) is 0 Å². The maximum absolute atomic E-state index is 12.1. The summed E-state index contributed by atoms with van der Waals surface area (Å²) in [5.74, 6) is -0.195. The van der Waals surface area contributed by atoms with Crippen molar-refractivity contribution in [2.45, 2.75) is 6.10 Å². The van der Waals surface area contributed by atoms with Crippen LogP contribution in [0.15, 0.2) is 79.1 Å². The molecule has 0 fully saturated rings. The SMILES string of the molecule is O=C(NCC(O)c1ccccc1)c1ccc(-n2cccc2)cc1. The number of rotatable bonds is 5. The van der Waals surface area contributed by atoms with Crippen LogP contribution in [-0.2, 0) is 0 Å². The molecule has 0 saturated heterocycles. The number of hydrogen-bond acceptors (Lipinski definition) is 2. The molecule has 4 nitrogen and oxygen atoms in total. The lowest BCUT2D eigenvalue weighted by atomic mass is 10.1. The van der Waals surface area contributed by atoms with Crippen LogP contribution in [0.4, 0.5) is 0 Å². The smallest absolute Gasteiger partial charge is 0.251 e. The Bertz CT molecular complexity index is 750. The minimum atomic E-state index is -0.709. The van der Waals surface area contributed by atoms with Crippen molar-refractivity contribution in [2.24, 2.45) is 0 Å². The van der Waals surface area contributed by atoms with Crippen LogP contribution in [0, 0.1) is 0 Å². The van der Waals surface area contributed by atoms with E-state index in [1.165, 1.54) is 0 Å². The summed E-state index contributed by atoms with van der Waals surface area (Å²) in [6.45, 7) is 0.183. The largest absolute Gasteiger partial charge is 0.387 e. The fourth-order valence-corrected chi connectivity index (χ4v) is 2.38. The van der Waals surface area contributed by atoms with Crippen molar-refractivity contribution in [3.63, 3.8) is 0 Å². The number of nitrogens with one attached hydrogen (secondary N) is 1. The van der Waals surface area contributed by atoms with E-state index >= 15 is 0 Å². The van der Waals surface area contributed by atoms with Gasteiger partial charge in [-0.25, -0.2) is 0 Å². The number of carbonyl (C=O) groups is 1. The minimum Gasteiger partial charge on any atom is -0.387 e. The Balaban J connectivity index is 1.60. The van der Waals surface area contributed by atoms with E-state index in [1.54, 1.807) is 12.1 Å². The number of aliphatic hydroxyl groups excluding tert-OH is 1. The standard InChI is InChI=1S/C19H18N2O2/c22-18(15-6-2-1-3-7-15)14-20-19(23)16-8-10-17(11-9-16)21-12-4-5-13-21/h1-13,18,22H,14H2,(H,20,23). The first-order valence-electron chi connectivity index (χ1n) is 7.48. The summed E-state index contributed by atoms with van der Waals surface area (Å²) in [6.07, 6.45) is 3.19. The minimum absolute atomic E-state index is 0.183. The lowest BCUT2D eigenvalue weighted by molar-refractivity contribution is 0.0916. The third-order valence-electron chi connectivity index (χ3n) is 3.67. The van der Waals surface area contributed by atoms with Crippen LogP contribution in [0.1, 0.15) is 22.0 Å². The van der Waals surface area contributed by atoms with Gasteiger partial charge in [0.15, 0.2) is 0 Å². The Morgan fingerprint density at radius 1 is 0.957 bits per heavy atom. The molecule has 23 heavy (non-hydrogen) atoms. The van der Waals surface area contributed by atoms with Crippen molar-refractivity contribution in [3.8, 4) is 5.69 Å². The summed E-state index contributed by atoms with van der Waals surface area (Å²) in [5.41, 5.74) is 2.35. The maximum Gasteiger partial charge on any atom is 0.251 e. The van der Waals surface area contributed by atoms with Gasteiger partial charge in [-0.2, -0.15) is 0 Å². The van der Waals surface area contributed by atoms with Crippen molar-refractivity contribution >= 4 is 5.91 Å². The maximum atomic E-state index is 12.1. The zero-order valence-electron chi connectivity index (χ0n) is 12.6. The van der Waals surface area contributed by atoms with Crippen LogP contribution in [-0.4, -0.2) is 22.1 Å². The second kappa shape index (κ2) is 6.94. The molecule has 2 aromatic carbocycles. The van der Waals surface area contributed by atoms with E-state index in [1.807, 2.05) is 71.6 Å². The Kier molecular flexibility index (Phi) is 4.54. The second-order valence-corrected chi connectivity index (χ2v) is 5.27. The van der Waals surface area contributed by atoms with Crippen molar-refractivity contribution in [1.82, 2.24) is 9.88 Å². The predicted octanol–water partition coefficient (Wildman–Crippen LogP) is 2.94. The highest BCUT2D eigenvalue weighted by molar-refractivity contribution is 5.94. The lowest BCUT2D eigenvalue weighted by Crippen LogP contribution is -2.28. The van der Waals surface area contributed by atoms with Crippen LogP contribution in [0.5, 0.6) is 0 Å². The molecule has 0 spiro atoms. The molecule has 3 aromatic rings. The predicted molar refractivity (Wildman–Crippen MR) is 89.5 cm³/mol. The van der Waals surface area contributed by atoms with Gasteiger partial charge in [-0.15, -0.1) is 0 Å². The molecule has 1 unspecified atom stereocenters. The molecule has 1 heterocycles. The number of amides is 1. The number of aromatic nitrogens is 1. The molecule has 116 valence electrons. The summed E-state index contributed by atoms with van der Waals surface area (Å²) in [7, 11) is 0. The Hall–Kier alpha value is -2.85. The van der Waals surface area contributed by atoms with Gasteiger partial charge in [-0.3, -0.25) is 4.79 Å². The number of carbonyl (C=O) groups excluding carboxylic acids is 1. The van der Waals surface area contributed by atoms with E-state index in [0.717, 1.165) is 11.3 Å². The fourth-order valence-electron chi connectivity index (χ4n) is 2.38. The fraction of sp³-hybridized carbons (Fsp3) is 0.105. The van der Waals surface area contributed by atoms with Gasteiger partial charge >= 0.3 is 0 Å². The van der Waals surface area contributed by atoms with E-state index in [-0.39, 0.29) is 12.5 Å². The van der Waals surface area contributed by atoms with Gasteiger partial charge in [-0.05, 0) is 42.0 Å². The van der Waals surface area contributed by atoms with Crippen molar-refractivity contribution < 1.29 is 9.90 Å². The van der Waals surface area contributed by atoms with Gasteiger partial charge in [0, 0.05) is 30.2 Å². The zero-order valence-corrected chi connectivity index (χ0v) is 12.6. The van der Waals surface area contributed by atoms with Gasteiger partial charge in [-0.1, -0.05) is 30.3 Å². The van der Waals surface area contributed by atoms with E-state index in [4.69, 9.17) is 0 Å². The molecular weight excluding hydrogens is 288 g/mol. The molecule has 4 heteroatoms. The highest BCUT2D eigenvalue weighted by Gasteiger charge is 2.10. The van der Waals surface area contributed by atoms with Crippen LogP contribution in [0.2, 0.25) is 0 Å². The van der Waals surface area contributed by atoms with E-state index in [2.05, 4.69) is 5.32 Å². The summed E-state index contributed by atoms with van der Waals surface area (Å²) in [5, 5.41) is 12.8. The van der Waals surface area contributed by atoms with Gasteiger partial charge in [0.25, 0.3) is 5.91 Å². The Morgan fingerprint density at radius 2 is 1.61 bits per heavy atom. The van der Waals surface area contributed by atoms with Crippen LogP contribution >= 0.6 is 0 Å². The summed E-state index contributed by atoms with van der Waals surface area (Å²) in [6, 6.07) is 20.5. The van der Waals surface area contributed by atoms with Gasteiger partial charge < -0.3 is 15.0 Å². The highest BCUT2D eigenvalue weighted by Crippen LogP contribution is 2.12. The van der Waals surface area contributed by atoms with E-state index in [0.29, 0.717) is 5.56 Å². The zero-order chi connectivity index (χ0) is 16.1. The normalized spacial score (nSPS) is 11.9. The molecule has 0 bridgehead atoms. The number of nitrogens with zero attached hydrogens (tertiary/aromatic N) is 1. The molecular formula is C19H18N2O2. The third kappa shape index (κ3) is 3.67. The van der Waals surface area contributed by atoms with Crippen LogP contribution < -0.4 is 5.32 Å². The van der Waals surface area contributed by atoms with Crippen molar-refractivity contribution in [3.05, 3.63) is 90.3 Å². The number of hydrogen-bond donors (Lipinski definition) is 2. The molecule has 0 radical (unpaired) electrons. The molecule has 1 amide bonds. The molecule has 2 N–H and O–H groups in total. The van der Waals surface area contributed by atoms with E-state index < -0.39 is 6.10 Å². The summed E-state index contributed by atoms with van der Waals surface area (Å²) >= 11 is 0. The number of aliphatic hydroxyl groups is 1. The Labute approximate surface area is 135 Å². The summed E-state index contributed by atoms with van der Waals surface area (Å²) in [4.78, 5) is 12.1. The first kappa shape index (κ1) is 15.1. The third-order valence-corrected chi connectivity index (χ3v) is 3.67.